The van der Waals surface area contributed by atoms with Gasteiger partial charge in [-0.3, -0.25) is 4.79 Å². The SMILES string of the molecule is CC(NS(=O)(=O)c1cccc(C(=O)NCC2CNC2)c1)c1ccccc1.Cl. The highest BCUT2D eigenvalue weighted by Gasteiger charge is 2.21. The molecule has 1 heterocycles. The van der Waals surface area contributed by atoms with Crippen molar-refractivity contribution in [2.45, 2.75) is 17.9 Å². The summed E-state index contributed by atoms with van der Waals surface area (Å²) in [4.78, 5) is 12.3. The monoisotopic (exact) mass is 409 g/mol. The van der Waals surface area contributed by atoms with Gasteiger partial charge >= 0.3 is 0 Å². The minimum absolute atomic E-state index is 0. The van der Waals surface area contributed by atoms with E-state index in [0.717, 1.165) is 18.7 Å². The Kier molecular flexibility index (Phi) is 7.38. The molecule has 1 aliphatic heterocycles. The maximum atomic E-state index is 12.7. The number of carbonyl (C=O) groups is 1. The summed E-state index contributed by atoms with van der Waals surface area (Å²) in [6.07, 6.45) is 0. The number of rotatable bonds is 7. The van der Waals surface area contributed by atoms with Crippen LogP contribution in [0.25, 0.3) is 0 Å². The van der Waals surface area contributed by atoms with Gasteiger partial charge in [-0.1, -0.05) is 36.4 Å². The molecule has 1 amide bonds. The number of nitrogens with one attached hydrogen (secondary N) is 3. The minimum Gasteiger partial charge on any atom is -0.352 e. The van der Waals surface area contributed by atoms with Crippen LogP contribution >= 0.6 is 12.4 Å². The van der Waals surface area contributed by atoms with E-state index in [1.807, 2.05) is 30.3 Å². The molecule has 27 heavy (non-hydrogen) atoms. The van der Waals surface area contributed by atoms with Gasteiger partial charge in [-0.25, -0.2) is 13.1 Å². The molecule has 1 saturated heterocycles. The quantitative estimate of drug-likeness (QED) is 0.653. The maximum Gasteiger partial charge on any atom is 0.251 e. The third-order valence-electron chi connectivity index (χ3n) is 4.46. The Balaban J connectivity index is 0.00000261. The lowest BCUT2D eigenvalue weighted by atomic mass is 10.0. The predicted octanol–water partition coefficient (Wildman–Crippen LogP) is 2.10. The summed E-state index contributed by atoms with van der Waals surface area (Å²) in [5.41, 5.74) is 1.21. The van der Waals surface area contributed by atoms with Crippen LogP contribution in [-0.2, 0) is 10.0 Å². The summed E-state index contributed by atoms with van der Waals surface area (Å²) in [7, 11) is -3.73. The van der Waals surface area contributed by atoms with Crippen LogP contribution in [0, 0.1) is 5.92 Å². The van der Waals surface area contributed by atoms with Crippen molar-refractivity contribution in [3.05, 3.63) is 65.7 Å². The van der Waals surface area contributed by atoms with Crippen LogP contribution in [0.1, 0.15) is 28.9 Å². The highest BCUT2D eigenvalue weighted by molar-refractivity contribution is 7.89. The van der Waals surface area contributed by atoms with E-state index in [1.54, 1.807) is 19.1 Å². The third kappa shape index (κ3) is 5.52. The average molecular weight is 410 g/mol. The predicted molar refractivity (Wildman–Crippen MR) is 108 cm³/mol. The van der Waals surface area contributed by atoms with Crippen LogP contribution in [0.5, 0.6) is 0 Å². The highest BCUT2D eigenvalue weighted by atomic mass is 35.5. The molecule has 1 fully saturated rings. The van der Waals surface area contributed by atoms with Crippen LogP contribution in [0.4, 0.5) is 0 Å². The number of hydrogen-bond donors (Lipinski definition) is 3. The van der Waals surface area contributed by atoms with Gasteiger partial charge < -0.3 is 10.6 Å². The molecule has 1 atom stereocenters. The Labute approximate surface area is 166 Å². The van der Waals surface area contributed by atoms with E-state index < -0.39 is 10.0 Å². The first kappa shape index (κ1) is 21.4. The van der Waals surface area contributed by atoms with Crippen LogP contribution in [0.3, 0.4) is 0 Å². The summed E-state index contributed by atoms with van der Waals surface area (Å²) >= 11 is 0. The highest BCUT2D eigenvalue weighted by Crippen LogP contribution is 2.17. The second-order valence-electron chi connectivity index (χ2n) is 6.52. The number of carbonyl (C=O) groups excluding carboxylic acids is 1. The van der Waals surface area contributed by atoms with Gasteiger partial charge in [0.1, 0.15) is 0 Å². The summed E-state index contributed by atoms with van der Waals surface area (Å²) in [6.45, 7) is 4.17. The first-order valence-corrected chi connectivity index (χ1v) is 10.1. The molecule has 1 unspecified atom stereocenters. The smallest absolute Gasteiger partial charge is 0.251 e. The van der Waals surface area contributed by atoms with E-state index in [2.05, 4.69) is 15.4 Å². The molecule has 0 aliphatic carbocycles. The number of halogens is 1. The molecule has 2 aromatic carbocycles. The average Bonchev–Trinajstić information content (AvgIpc) is 2.61. The zero-order valence-electron chi connectivity index (χ0n) is 15.0. The van der Waals surface area contributed by atoms with Gasteiger partial charge in [0.25, 0.3) is 5.91 Å². The molecule has 3 rings (SSSR count). The summed E-state index contributed by atoms with van der Waals surface area (Å²) in [6, 6.07) is 15.1. The summed E-state index contributed by atoms with van der Waals surface area (Å²) in [5, 5.41) is 6.00. The molecule has 3 N–H and O–H groups in total. The molecule has 6 nitrogen and oxygen atoms in total. The Hall–Kier alpha value is -1.93. The lowest BCUT2D eigenvalue weighted by Crippen LogP contribution is -2.48. The van der Waals surface area contributed by atoms with Gasteiger partial charge in [0.05, 0.1) is 4.90 Å². The van der Waals surface area contributed by atoms with Gasteiger partial charge in [0.15, 0.2) is 0 Å². The van der Waals surface area contributed by atoms with Gasteiger partial charge in [-0.2, -0.15) is 0 Å². The molecule has 0 bridgehead atoms. The van der Waals surface area contributed by atoms with Crippen LogP contribution < -0.4 is 15.4 Å². The van der Waals surface area contributed by atoms with Crippen molar-refractivity contribution in [3.63, 3.8) is 0 Å². The summed E-state index contributed by atoms with van der Waals surface area (Å²) in [5.74, 6) is 0.185. The van der Waals surface area contributed by atoms with Crippen LogP contribution in [-0.4, -0.2) is 34.0 Å². The molecule has 1 aliphatic rings. The topological polar surface area (TPSA) is 87.3 Å². The van der Waals surface area contributed by atoms with Crippen molar-refractivity contribution in [1.82, 2.24) is 15.4 Å². The second-order valence-corrected chi connectivity index (χ2v) is 8.23. The fourth-order valence-electron chi connectivity index (χ4n) is 2.75. The largest absolute Gasteiger partial charge is 0.352 e. The zero-order valence-corrected chi connectivity index (χ0v) is 16.6. The third-order valence-corrected chi connectivity index (χ3v) is 5.99. The van der Waals surface area contributed by atoms with Crippen molar-refractivity contribution in [2.75, 3.05) is 19.6 Å². The fraction of sp³-hybridized carbons (Fsp3) is 0.316. The van der Waals surface area contributed by atoms with E-state index in [0.29, 0.717) is 18.0 Å². The molecule has 146 valence electrons. The van der Waals surface area contributed by atoms with Crippen LogP contribution in [0.2, 0.25) is 0 Å². The van der Waals surface area contributed by atoms with Gasteiger partial charge in [-0.05, 0) is 30.7 Å². The van der Waals surface area contributed by atoms with E-state index in [1.165, 1.54) is 12.1 Å². The second kappa shape index (κ2) is 9.32. The molecular formula is C19H24ClN3O3S. The van der Waals surface area contributed by atoms with Crippen molar-refractivity contribution in [3.8, 4) is 0 Å². The van der Waals surface area contributed by atoms with E-state index >= 15 is 0 Å². The van der Waals surface area contributed by atoms with Crippen molar-refractivity contribution in [1.29, 1.82) is 0 Å². The molecule has 0 saturated carbocycles. The first-order chi connectivity index (χ1) is 12.5. The number of sulfonamides is 1. The van der Waals surface area contributed by atoms with Crippen molar-refractivity contribution < 1.29 is 13.2 Å². The normalized spacial score (nSPS) is 15.3. The van der Waals surface area contributed by atoms with E-state index in [4.69, 9.17) is 0 Å². The number of benzene rings is 2. The number of amides is 1. The molecule has 2 aromatic rings. The molecular weight excluding hydrogens is 386 g/mol. The first-order valence-electron chi connectivity index (χ1n) is 8.62. The van der Waals surface area contributed by atoms with E-state index in [9.17, 15) is 13.2 Å². The van der Waals surface area contributed by atoms with Crippen molar-refractivity contribution in [2.24, 2.45) is 5.92 Å². The minimum atomic E-state index is -3.73. The Morgan fingerprint density at radius 3 is 2.48 bits per heavy atom. The Bertz CT molecular complexity index is 871. The fourth-order valence-corrected chi connectivity index (χ4v) is 4.02. The molecule has 0 spiro atoms. The molecule has 0 radical (unpaired) electrons. The standard InChI is InChI=1S/C19H23N3O3S.ClH/c1-14(16-6-3-2-4-7-16)22-26(24,25)18-9-5-8-17(10-18)19(23)21-13-15-11-20-12-15;/h2-10,14-15,20,22H,11-13H2,1H3,(H,21,23);1H. The van der Waals surface area contributed by atoms with Gasteiger partial charge in [0, 0.05) is 37.2 Å². The lowest BCUT2D eigenvalue weighted by molar-refractivity contribution is 0.0942. The molecule has 0 aromatic heterocycles. The number of hydrogen-bond acceptors (Lipinski definition) is 4. The summed E-state index contributed by atoms with van der Waals surface area (Å²) < 4.78 is 28.0. The Morgan fingerprint density at radius 2 is 1.85 bits per heavy atom. The zero-order chi connectivity index (χ0) is 18.6. The van der Waals surface area contributed by atoms with Gasteiger partial charge in [0.2, 0.25) is 10.0 Å². The van der Waals surface area contributed by atoms with Crippen molar-refractivity contribution >= 4 is 28.3 Å². The van der Waals surface area contributed by atoms with E-state index in [-0.39, 0.29) is 29.3 Å². The molecule has 8 heteroatoms. The van der Waals surface area contributed by atoms with Gasteiger partial charge in [-0.15, -0.1) is 12.4 Å². The maximum absolute atomic E-state index is 12.7. The lowest BCUT2D eigenvalue weighted by Gasteiger charge is -2.27. The Morgan fingerprint density at radius 1 is 1.15 bits per heavy atom. The van der Waals surface area contributed by atoms with Crippen LogP contribution in [0.15, 0.2) is 59.5 Å².